The third-order valence-corrected chi connectivity index (χ3v) is 2.36. The van der Waals surface area contributed by atoms with Crippen molar-refractivity contribution in [3.63, 3.8) is 0 Å². The summed E-state index contributed by atoms with van der Waals surface area (Å²) in [6, 6.07) is 0. The van der Waals surface area contributed by atoms with Crippen LogP contribution in [0.3, 0.4) is 0 Å². The maximum atomic E-state index is 12.9. The highest BCUT2D eigenvalue weighted by molar-refractivity contribution is 9.10. The molecule has 0 spiro atoms. The van der Waals surface area contributed by atoms with Gasteiger partial charge in [-0.15, -0.1) is 0 Å². The highest BCUT2D eigenvalue weighted by atomic mass is 79.9. The summed E-state index contributed by atoms with van der Waals surface area (Å²) < 4.78 is 37.8. The van der Waals surface area contributed by atoms with Crippen LogP contribution in [0.2, 0.25) is 0 Å². The van der Waals surface area contributed by atoms with Gasteiger partial charge >= 0.3 is 5.97 Å². The van der Waals surface area contributed by atoms with E-state index in [1.54, 1.807) is 0 Å². The molecule has 0 aliphatic rings. The fourth-order valence-corrected chi connectivity index (χ4v) is 1.52. The number of carbonyl (C=O) groups is 1. The van der Waals surface area contributed by atoms with E-state index in [2.05, 4.69) is 20.9 Å². The molecule has 3 nitrogen and oxygen atoms in total. The number of pyridine rings is 1. The van der Waals surface area contributed by atoms with E-state index in [0.29, 0.717) is 0 Å². The number of hydrogen-bond acceptors (Lipinski definition) is 2. The summed E-state index contributed by atoms with van der Waals surface area (Å²) in [7, 11) is 0. The summed E-state index contributed by atoms with van der Waals surface area (Å²) >= 11 is 2.85. The smallest absolute Gasteiger partial charge is 0.307 e. The SMILES string of the molecule is O=C(O)Cc1c(Br)cnc(F)c1C(F)F. The Morgan fingerprint density at radius 3 is 2.67 bits per heavy atom. The van der Waals surface area contributed by atoms with E-state index in [0.717, 1.165) is 6.20 Å². The number of alkyl halides is 2. The van der Waals surface area contributed by atoms with Crippen LogP contribution in [0.25, 0.3) is 0 Å². The second-order valence-corrected chi connectivity index (χ2v) is 3.51. The zero-order chi connectivity index (χ0) is 11.6. The first-order valence-electron chi connectivity index (χ1n) is 3.76. The Hall–Kier alpha value is -1.11. The van der Waals surface area contributed by atoms with Crippen molar-refractivity contribution in [3.8, 4) is 0 Å². The highest BCUT2D eigenvalue weighted by Crippen LogP contribution is 2.30. The molecule has 0 aromatic carbocycles. The van der Waals surface area contributed by atoms with E-state index in [1.165, 1.54) is 0 Å². The van der Waals surface area contributed by atoms with Crippen LogP contribution in [0, 0.1) is 5.95 Å². The number of rotatable bonds is 3. The van der Waals surface area contributed by atoms with Crippen LogP contribution in [0.5, 0.6) is 0 Å². The van der Waals surface area contributed by atoms with Crippen LogP contribution in [0.15, 0.2) is 10.7 Å². The van der Waals surface area contributed by atoms with Gasteiger partial charge in [-0.25, -0.2) is 13.8 Å². The number of carboxylic acids is 1. The first kappa shape index (κ1) is 12.0. The molecule has 0 saturated carbocycles. The molecule has 7 heteroatoms. The van der Waals surface area contributed by atoms with Gasteiger partial charge in [-0.05, 0) is 21.5 Å². The molecule has 0 amide bonds. The predicted molar refractivity (Wildman–Crippen MR) is 48.2 cm³/mol. The fourth-order valence-electron chi connectivity index (χ4n) is 1.07. The maximum absolute atomic E-state index is 12.9. The van der Waals surface area contributed by atoms with E-state index in [-0.39, 0.29) is 10.0 Å². The average molecular weight is 284 g/mol. The molecule has 1 heterocycles. The molecule has 1 N–H and O–H groups in total. The molecule has 0 aliphatic carbocycles. The Labute approximate surface area is 91.1 Å². The number of aromatic nitrogens is 1. The zero-order valence-corrected chi connectivity index (χ0v) is 8.76. The Balaban J connectivity index is 3.31. The zero-order valence-electron chi connectivity index (χ0n) is 7.18. The third-order valence-electron chi connectivity index (χ3n) is 1.67. The van der Waals surface area contributed by atoms with E-state index in [9.17, 15) is 18.0 Å². The topological polar surface area (TPSA) is 50.2 Å². The Morgan fingerprint density at radius 1 is 1.60 bits per heavy atom. The van der Waals surface area contributed by atoms with Gasteiger partial charge in [0.15, 0.2) is 0 Å². The standard InChI is InChI=1S/C8H5BrF3NO2/c9-4-2-13-8(12)6(7(10)11)3(4)1-5(14)15/h2,7H,1H2,(H,14,15). The summed E-state index contributed by atoms with van der Waals surface area (Å²) in [6.07, 6.45) is -2.82. The van der Waals surface area contributed by atoms with E-state index in [1.807, 2.05) is 0 Å². The Kier molecular flexibility index (Phi) is 3.67. The predicted octanol–water partition coefficient (Wildman–Crippen LogP) is 2.55. The lowest BCUT2D eigenvalue weighted by atomic mass is 10.1. The minimum absolute atomic E-state index is 0.0570. The average Bonchev–Trinajstić information content (AvgIpc) is 2.10. The number of halogens is 4. The molecular formula is C8H5BrF3NO2. The number of nitrogens with zero attached hydrogens (tertiary/aromatic N) is 1. The van der Waals surface area contributed by atoms with Crippen molar-refractivity contribution in [2.45, 2.75) is 12.8 Å². The molecule has 82 valence electrons. The van der Waals surface area contributed by atoms with Crippen LogP contribution in [0.4, 0.5) is 13.2 Å². The van der Waals surface area contributed by atoms with Gasteiger partial charge in [-0.1, -0.05) is 0 Å². The lowest BCUT2D eigenvalue weighted by Crippen LogP contribution is -2.08. The summed E-state index contributed by atoms with van der Waals surface area (Å²) in [5, 5.41) is 8.48. The molecule has 1 rings (SSSR count). The number of carboxylic acid groups (broad SMARTS) is 1. The second-order valence-electron chi connectivity index (χ2n) is 2.66. The maximum Gasteiger partial charge on any atom is 0.307 e. The van der Waals surface area contributed by atoms with Crippen LogP contribution >= 0.6 is 15.9 Å². The van der Waals surface area contributed by atoms with Crippen molar-refractivity contribution in [1.29, 1.82) is 0 Å². The van der Waals surface area contributed by atoms with Crippen molar-refractivity contribution in [1.82, 2.24) is 4.98 Å². The summed E-state index contributed by atoms with van der Waals surface area (Å²) in [4.78, 5) is 13.5. The van der Waals surface area contributed by atoms with Gasteiger partial charge in [0.1, 0.15) is 0 Å². The molecule has 0 unspecified atom stereocenters. The quantitative estimate of drug-likeness (QED) is 0.868. The van der Waals surface area contributed by atoms with Crippen molar-refractivity contribution in [2.24, 2.45) is 0 Å². The molecule has 0 saturated heterocycles. The minimum Gasteiger partial charge on any atom is -0.481 e. The van der Waals surface area contributed by atoms with E-state index >= 15 is 0 Å². The third kappa shape index (κ3) is 2.68. The second kappa shape index (κ2) is 4.61. The Bertz CT molecular complexity index is 398. The van der Waals surface area contributed by atoms with Gasteiger partial charge in [0, 0.05) is 10.7 Å². The van der Waals surface area contributed by atoms with Gasteiger partial charge in [0.05, 0.1) is 12.0 Å². The molecule has 0 aliphatic heterocycles. The van der Waals surface area contributed by atoms with Crippen LogP contribution in [-0.2, 0) is 11.2 Å². The largest absolute Gasteiger partial charge is 0.481 e. The van der Waals surface area contributed by atoms with Crippen molar-refractivity contribution < 1.29 is 23.1 Å². The summed E-state index contributed by atoms with van der Waals surface area (Å²) in [5.74, 6) is -2.66. The molecule has 1 aromatic heterocycles. The normalized spacial score (nSPS) is 10.7. The molecule has 0 radical (unpaired) electrons. The minimum atomic E-state index is -3.09. The lowest BCUT2D eigenvalue weighted by molar-refractivity contribution is -0.136. The fraction of sp³-hybridized carbons (Fsp3) is 0.250. The van der Waals surface area contributed by atoms with Gasteiger partial charge in [-0.2, -0.15) is 4.39 Å². The lowest BCUT2D eigenvalue weighted by Gasteiger charge is -2.09. The Morgan fingerprint density at radius 2 is 2.20 bits per heavy atom. The van der Waals surface area contributed by atoms with Crippen molar-refractivity contribution >= 4 is 21.9 Å². The highest BCUT2D eigenvalue weighted by Gasteiger charge is 2.23. The molecular weight excluding hydrogens is 279 g/mol. The molecule has 0 atom stereocenters. The monoisotopic (exact) mass is 283 g/mol. The van der Waals surface area contributed by atoms with Gasteiger partial charge in [-0.3, -0.25) is 4.79 Å². The van der Waals surface area contributed by atoms with Gasteiger partial charge in [0.25, 0.3) is 6.43 Å². The molecule has 1 aromatic rings. The van der Waals surface area contributed by atoms with Gasteiger partial charge < -0.3 is 5.11 Å². The molecule has 0 fully saturated rings. The number of hydrogen-bond donors (Lipinski definition) is 1. The summed E-state index contributed by atoms with van der Waals surface area (Å²) in [6.45, 7) is 0. The van der Waals surface area contributed by atoms with Crippen molar-refractivity contribution in [2.75, 3.05) is 0 Å². The van der Waals surface area contributed by atoms with E-state index < -0.39 is 30.3 Å². The van der Waals surface area contributed by atoms with Crippen molar-refractivity contribution in [3.05, 3.63) is 27.7 Å². The first-order chi connectivity index (χ1) is 6.93. The molecule has 0 bridgehead atoms. The van der Waals surface area contributed by atoms with Crippen LogP contribution < -0.4 is 0 Å². The summed E-state index contributed by atoms with van der Waals surface area (Å²) in [5.41, 5.74) is -1.25. The number of aliphatic carboxylic acids is 1. The van der Waals surface area contributed by atoms with Crippen LogP contribution in [0.1, 0.15) is 17.6 Å². The van der Waals surface area contributed by atoms with E-state index in [4.69, 9.17) is 5.11 Å². The van der Waals surface area contributed by atoms with Gasteiger partial charge in [0.2, 0.25) is 5.95 Å². The first-order valence-corrected chi connectivity index (χ1v) is 4.55. The van der Waals surface area contributed by atoms with Crippen LogP contribution in [-0.4, -0.2) is 16.1 Å². The molecule has 15 heavy (non-hydrogen) atoms.